The third kappa shape index (κ3) is 1.81. The van der Waals surface area contributed by atoms with Crippen LogP contribution in [-0.4, -0.2) is 23.0 Å². The predicted octanol–water partition coefficient (Wildman–Crippen LogP) is 2.61. The van der Waals surface area contributed by atoms with Crippen LogP contribution < -0.4 is 0 Å². The van der Waals surface area contributed by atoms with Gasteiger partial charge in [-0.25, -0.2) is 9.78 Å². The number of nitrogens with one attached hydrogen (secondary N) is 1. The van der Waals surface area contributed by atoms with E-state index in [2.05, 4.69) is 37.3 Å². The molecule has 2 aromatic rings. The number of ether oxygens (including phenoxy) is 1. The highest BCUT2D eigenvalue weighted by Crippen LogP contribution is 2.24. The summed E-state index contributed by atoms with van der Waals surface area (Å²) in [5.41, 5.74) is 0.996. The zero-order valence-corrected chi connectivity index (χ0v) is 10.6. The summed E-state index contributed by atoms with van der Waals surface area (Å²) in [6, 6.07) is 3.50. The van der Waals surface area contributed by atoms with Crippen molar-refractivity contribution >= 4 is 51.2 Å². The summed E-state index contributed by atoms with van der Waals surface area (Å²) < 4.78 is 5.43. The van der Waals surface area contributed by atoms with Crippen LogP contribution in [0.1, 0.15) is 10.5 Å². The van der Waals surface area contributed by atoms with Crippen LogP contribution in [0.2, 0.25) is 5.15 Å². The van der Waals surface area contributed by atoms with Gasteiger partial charge in [0.2, 0.25) is 0 Å². The molecule has 0 amide bonds. The van der Waals surface area contributed by atoms with Crippen molar-refractivity contribution in [3.05, 3.63) is 26.5 Å². The lowest BCUT2D eigenvalue weighted by Gasteiger charge is -1.94. The second kappa shape index (κ2) is 3.97. The molecule has 4 nitrogen and oxygen atoms in total. The van der Waals surface area contributed by atoms with Gasteiger partial charge in [0.05, 0.1) is 10.7 Å². The normalized spacial score (nSPS) is 10.6. The molecule has 1 N–H and O–H groups in total. The molecule has 0 bridgehead atoms. The molecule has 0 unspecified atom stereocenters. The van der Waals surface area contributed by atoms with Crippen molar-refractivity contribution in [2.45, 2.75) is 0 Å². The van der Waals surface area contributed by atoms with Crippen LogP contribution in [0.15, 0.2) is 12.1 Å². The lowest BCUT2D eigenvalue weighted by Crippen LogP contribution is -2.03. The summed E-state index contributed by atoms with van der Waals surface area (Å²) >= 11 is 7.81. The molecule has 0 aromatic carbocycles. The quantitative estimate of drug-likeness (QED) is 0.495. The monoisotopic (exact) mass is 336 g/mol. The van der Waals surface area contributed by atoms with Crippen molar-refractivity contribution in [1.82, 2.24) is 9.97 Å². The number of methoxy groups -OCH3 is 1. The average Bonchev–Trinajstić information content (AvgIpc) is 2.54. The second-order valence-corrected chi connectivity index (χ2v) is 4.30. The number of nitrogens with zero attached hydrogens (tertiary/aromatic N) is 1. The molecule has 0 spiro atoms. The molecule has 2 aromatic heterocycles. The van der Waals surface area contributed by atoms with E-state index in [4.69, 9.17) is 11.6 Å². The van der Waals surface area contributed by atoms with E-state index in [9.17, 15) is 4.79 Å². The molecule has 0 fully saturated rings. The van der Waals surface area contributed by atoms with E-state index in [0.717, 1.165) is 8.96 Å². The maximum Gasteiger partial charge on any atom is 0.355 e. The van der Waals surface area contributed by atoms with Crippen LogP contribution in [0.25, 0.3) is 11.0 Å². The van der Waals surface area contributed by atoms with Crippen LogP contribution in [-0.2, 0) is 4.74 Å². The standard InChI is InChI=1S/C9H6ClIN2O2/c1-15-9(14)7-6(11)4-2-3-5(10)12-8(4)13-7/h2-3H,1H3,(H,12,13). The van der Waals surface area contributed by atoms with Gasteiger partial charge >= 0.3 is 5.97 Å². The Morgan fingerprint density at radius 1 is 1.60 bits per heavy atom. The topological polar surface area (TPSA) is 55.0 Å². The number of carbonyl (C=O) groups excluding carboxylic acids is 1. The number of carbonyl (C=O) groups is 1. The smallest absolute Gasteiger partial charge is 0.355 e. The highest BCUT2D eigenvalue weighted by molar-refractivity contribution is 14.1. The number of esters is 1. The second-order valence-electron chi connectivity index (χ2n) is 2.84. The van der Waals surface area contributed by atoms with Gasteiger partial charge in [-0.15, -0.1) is 0 Å². The van der Waals surface area contributed by atoms with Gasteiger partial charge in [0.1, 0.15) is 16.5 Å². The summed E-state index contributed by atoms with van der Waals surface area (Å²) in [6.45, 7) is 0. The summed E-state index contributed by atoms with van der Waals surface area (Å²) in [4.78, 5) is 18.3. The summed E-state index contributed by atoms with van der Waals surface area (Å²) in [7, 11) is 1.34. The molecule has 15 heavy (non-hydrogen) atoms. The Morgan fingerprint density at radius 2 is 2.33 bits per heavy atom. The van der Waals surface area contributed by atoms with E-state index in [1.165, 1.54) is 7.11 Å². The van der Waals surface area contributed by atoms with Crippen LogP contribution in [0, 0.1) is 3.57 Å². The zero-order chi connectivity index (χ0) is 11.0. The maximum atomic E-state index is 11.4. The number of halogens is 2. The molecule has 0 aliphatic rings. The van der Waals surface area contributed by atoms with E-state index in [1.807, 2.05) is 6.07 Å². The first-order valence-electron chi connectivity index (χ1n) is 4.05. The first-order valence-corrected chi connectivity index (χ1v) is 5.51. The zero-order valence-electron chi connectivity index (χ0n) is 7.67. The van der Waals surface area contributed by atoms with Crippen molar-refractivity contribution in [2.24, 2.45) is 0 Å². The number of fused-ring (bicyclic) bond motifs is 1. The minimum Gasteiger partial charge on any atom is -0.464 e. The van der Waals surface area contributed by atoms with E-state index in [0.29, 0.717) is 16.5 Å². The van der Waals surface area contributed by atoms with E-state index < -0.39 is 5.97 Å². The number of H-pyrrole nitrogens is 1. The Balaban J connectivity index is 2.69. The fourth-order valence-corrected chi connectivity index (χ4v) is 2.20. The Labute approximate surface area is 104 Å². The van der Waals surface area contributed by atoms with Gasteiger partial charge < -0.3 is 9.72 Å². The average molecular weight is 337 g/mol. The lowest BCUT2D eigenvalue weighted by atomic mass is 10.3. The van der Waals surface area contributed by atoms with Gasteiger partial charge in [-0.2, -0.15) is 0 Å². The number of pyridine rings is 1. The number of hydrogen-bond donors (Lipinski definition) is 1. The van der Waals surface area contributed by atoms with E-state index in [-0.39, 0.29) is 0 Å². The Kier molecular flexibility index (Phi) is 2.83. The molecular formula is C9H6ClIN2O2. The molecule has 2 rings (SSSR count). The predicted molar refractivity (Wildman–Crippen MR) is 65.2 cm³/mol. The van der Waals surface area contributed by atoms with E-state index in [1.54, 1.807) is 6.07 Å². The van der Waals surface area contributed by atoms with Crippen LogP contribution in [0.5, 0.6) is 0 Å². The lowest BCUT2D eigenvalue weighted by molar-refractivity contribution is 0.0594. The maximum absolute atomic E-state index is 11.4. The number of rotatable bonds is 1. The van der Waals surface area contributed by atoms with Gasteiger partial charge in [-0.05, 0) is 34.7 Å². The molecule has 78 valence electrons. The van der Waals surface area contributed by atoms with Crippen molar-refractivity contribution in [3.63, 3.8) is 0 Å². The SMILES string of the molecule is COC(=O)c1[nH]c2nc(Cl)ccc2c1I. The fraction of sp³-hybridized carbons (Fsp3) is 0.111. The summed E-state index contributed by atoms with van der Waals surface area (Å²) in [5.74, 6) is -0.409. The molecule has 2 heterocycles. The minimum atomic E-state index is -0.409. The third-order valence-corrected chi connectivity index (χ3v) is 3.28. The van der Waals surface area contributed by atoms with Crippen molar-refractivity contribution in [2.75, 3.05) is 7.11 Å². The Hall–Kier alpha value is -0.820. The third-order valence-electron chi connectivity index (χ3n) is 1.95. The molecule has 0 atom stereocenters. The molecule has 0 radical (unpaired) electrons. The van der Waals surface area contributed by atoms with Crippen molar-refractivity contribution in [1.29, 1.82) is 0 Å². The van der Waals surface area contributed by atoms with Crippen molar-refractivity contribution in [3.8, 4) is 0 Å². The first kappa shape index (κ1) is 10.7. The van der Waals surface area contributed by atoms with Gasteiger partial charge in [0.25, 0.3) is 0 Å². The molecule has 0 saturated carbocycles. The van der Waals surface area contributed by atoms with Gasteiger partial charge in [-0.3, -0.25) is 0 Å². The fourth-order valence-electron chi connectivity index (χ4n) is 1.26. The van der Waals surface area contributed by atoms with E-state index >= 15 is 0 Å². The molecule has 0 aliphatic heterocycles. The first-order chi connectivity index (χ1) is 7.13. The van der Waals surface area contributed by atoms with Gasteiger partial charge in [0.15, 0.2) is 0 Å². The summed E-state index contributed by atoms with van der Waals surface area (Å²) in [5, 5.41) is 1.25. The minimum absolute atomic E-state index is 0.386. The molecule has 0 aliphatic carbocycles. The molecular weight excluding hydrogens is 330 g/mol. The van der Waals surface area contributed by atoms with Gasteiger partial charge in [-0.1, -0.05) is 11.6 Å². The molecule has 0 saturated heterocycles. The van der Waals surface area contributed by atoms with Crippen molar-refractivity contribution < 1.29 is 9.53 Å². The van der Waals surface area contributed by atoms with Crippen LogP contribution >= 0.6 is 34.2 Å². The molecule has 6 heteroatoms. The largest absolute Gasteiger partial charge is 0.464 e. The number of aromatic nitrogens is 2. The Bertz CT molecular complexity index is 538. The highest BCUT2D eigenvalue weighted by Gasteiger charge is 2.16. The highest BCUT2D eigenvalue weighted by atomic mass is 127. The number of aromatic amines is 1. The van der Waals surface area contributed by atoms with Crippen LogP contribution in [0.4, 0.5) is 0 Å². The van der Waals surface area contributed by atoms with Gasteiger partial charge in [0, 0.05) is 5.39 Å². The summed E-state index contributed by atoms with van der Waals surface area (Å²) in [6.07, 6.45) is 0. The Morgan fingerprint density at radius 3 is 3.00 bits per heavy atom. The number of hydrogen-bond acceptors (Lipinski definition) is 3. The van der Waals surface area contributed by atoms with Crippen LogP contribution in [0.3, 0.4) is 0 Å².